The Labute approximate surface area is 165 Å². The largest absolute Gasteiger partial charge is 0.355 e. The van der Waals surface area contributed by atoms with Gasteiger partial charge in [0.25, 0.3) is 0 Å². The van der Waals surface area contributed by atoms with Crippen LogP contribution in [0.5, 0.6) is 0 Å². The molecule has 0 saturated carbocycles. The smallest absolute Gasteiger partial charge is 0.234 e. The molecule has 1 aromatic carbocycles. The summed E-state index contributed by atoms with van der Waals surface area (Å²) in [5, 5.41) is 12.3. The third-order valence-electron chi connectivity index (χ3n) is 4.71. The Morgan fingerprint density at radius 2 is 1.85 bits per heavy atom. The minimum Gasteiger partial charge on any atom is -0.355 e. The normalized spacial score (nSPS) is 14.2. The van der Waals surface area contributed by atoms with Crippen molar-refractivity contribution in [2.45, 2.75) is 50.5 Å². The van der Waals surface area contributed by atoms with Gasteiger partial charge in [0, 0.05) is 18.8 Å². The third-order valence-corrected chi connectivity index (χ3v) is 5.63. The van der Waals surface area contributed by atoms with Crippen LogP contribution in [0.1, 0.15) is 44.6 Å². The lowest BCUT2D eigenvalue weighted by Crippen LogP contribution is -2.30. The van der Waals surface area contributed by atoms with Gasteiger partial charge in [0.05, 0.1) is 5.75 Å². The first-order chi connectivity index (χ1) is 13.2. The molecule has 2 aromatic rings. The van der Waals surface area contributed by atoms with Crippen LogP contribution in [0.3, 0.4) is 0 Å². The summed E-state index contributed by atoms with van der Waals surface area (Å²) >= 11 is 1.41. The monoisotopic (exact) mass is 384 g/mol. The molecule has 1 amide bonds. The first kappa shape index (κ1) is 19.7. The second-order valence-corrected chi connectivity index (χ2v) is 7.91. The van der Waals surface area contributed by atoms with E-state index in [1.54, 1.807) is 0 Å². The van der Waals surface area contributed by atoms with Crippen molar-refractivity contribution in [3.05, 3.63) is 42.0 Å². The quantitative estimate of drug-likeness (QED) is 0.677. The highest BCUT2D eigenvalue weighted by Gasteiger charge is 2.13. The number of aromatic nitrogens is 2. The Balaban J connectivity index is 1.44. The van der Waals surface area contributed by atoms with Crippen LogP contribution in [-0.2, 0) is 11.2 Å². The van der Waals surface area contributed by atoms with E-state index in [0.717, 1.165) is 36.0 Å². The number of hydrogen-bond donors (Lipinski definition) is 1. The van der Waals surface area contributed by atoms with Crippen LogP contribution in [0.4, 0.5) is 11.5 Å². The van der Waals surface area contributed by atoms with Gasteiger partial charge >= 0.3 is 0 Å². The molecule has 1 fully saturated rings. The number of unbranched alkanes of at least 4 members (excludes halogenated alkanes) is 1. The maximum Gasteiger partial charge on any atom is 0.234 e. The van der Waals surface area contributed by atoms with E-state index in [0.29, 0.717) is 5.75 Å². The van der Waals surface area contributed by atoms with E-state index >= 15 is 0 Å². The minimum atomic E-state index is -0.0248. The second kappa shape index (κ2) is 10.3. The summed E-state index contributed by atoms with van der Waals surface area (Å²) in [7, 11) is 0. The number of benzene rings is 1. The zero-order valence-electron chi connectivity index (χ0n) is 16.0. The van der Waals surface area contributed by atoms with Gasteiger partial charge in [0.15, 0.2) is 5.82 Å². The van der Waals surface area contributed by atoms with Gasteiger partial charge in [0.2, 0.25) is 5.91 Å². The number of aryl methyl sites for hydroxylation is 1. The number of hydrogen-bond acceptors (Lipinski definition) is 5. The number of carbonyl (C=O) groups excluding carboxylic acids is 1. The fraction of sp³-hybridized carbons (Fsp3) is 0.476. The van der Waals surface area contributed by atoms with Gasteiger partial charge < -0.3 is 10.2 Å². The van der Waals surface area contributed by atoms with Crippen molar-refractivity contribution in [2.24, 2.45) is 0 Å². The Morgan fingerprint density at radius 1 is 1.07 bits per heavy atom. The summed E-state index contributed by atoms with van der Waals surface area (Å²) in [6, 6.07) is 12.1. The fourth-order valence-electron chi connectivity index (χ4n) is 3.15. The highest BCUT2D eigenvalue weighted by molar-refractivity contribution is 7.99. The van der Waals surface area contributed by atoms with Crippen LogP contribution < -0.4 is 10.2 Å². The summed E-state index contributed by atoms with van der Waals surface area (Å²) in [5.41, 5.74) is 2.15. The molecule has 0 aliphatic carbocycles. The molecule has 1 aliphatic heterocycles. The molecule has 2 heterocycles. The first-order valence-electron chi connectivity index (χ1n) is 9.85. The van der Waals surface area contributed by atoms with E-state index in [-0.39, 0.29) is 5.91 Å². The summed E-state index contributed by atoms with van der Waals surface area (Å²) in [6.45, 7) is 4.31. The fourth-order valence-corrected chi connectivity index (χ4v) is 3.77. The van der Waals surface area contributed by atoms with Crippen LogP contribution in [0.2, 0.25) is 0 Å². The third kappa shape index (κ3) is 6.24. The minimum absolute atomic E-state index is 0.0248. The van der Waals surface area contributed by atoms with Gasteiger partial charge in [-0.2, -0.15) is 0 Å². The molecular weight excluding hydrogens is 356 g/mol. The van der Waals surface area contributed by atoms with E-state index in [1.807, 2.05) is 24.3 Å². The molecule has 0 radical (unpaired) electrons. The number of carbonyl (C=O) groups is 1. The number of amides is 1. The molecule has 0 unspecified atom stereocenters. The number of nitrogens with zero attached hydrogens (tertiary/aromatic N) is 3. The molecule has 1 aromatic heterocycles. The molecule has 144 valence electrons. The molecule has 1 aliphatic rings. The van der Waals surface area contributed by atoms with Gasteiger partial charge in [-0.05, 0) is 61.9 Å². The first-order valence-corrected chi connectivity index (χ1v) is 10.8. The molecule has 3 rings (SSSR count). The molecule has 0 bridgehead atoms. The van der Waals surface area contributed by atoms with E-state index in [1.165, 1.54) is 49.4 Å². The lowest BCUT2D eigenvalue weighted by atomic mass is 10.1. The number of anilines is 2. The predicted octanol–water partition coefficient (Wildman–Crippen LogP) is 4.54. The second-order valence-electron chi connectivity index (χ2n) is 6.91. The predicted molar refractivity (Wildman–Crippen MR) is 113 cm³/mol. The van der Waals surface area contributed by atoms with Gasteiger partial charge in [-0.1, -0.05) is 37.2 Å². The number of piperidine rings is 1. The van der Waals surface area contributed by atoms with E-state index in [4.69, 9.17) is 0 Å². The molecule has 1 saturated heterocycles. The maximum absolute atomic E-state index is 12.2. The van der Waals surface area contributed by atoms with Crippen LogP contribution in [0.15, 0.2) is 41.4 Å². The average Bonchev–Trinajstić information content (AvgIpc) is 2.73. The van der Waals surface area contributed by atoms with Crippen molar-refractivity contribution < 1.29 is 4.79 Å². The lowest BCUT2D eigenvalue weighted by Gasteiger charge is -2.27. The molecule has 27 heavy (non-hydrogen) atoms. The molecule has 0 spiro atoms. The Morgan fingerprint density at radius 3 is 2.52 bits per heavy atom. The van der Waals surface area contributed by atoms with Crippen molar-refractivity contribution in [1.29, 1.82) is 0 Å². The van der Waals surface area contributed by atoms with Gasteiger partial charge in [-0.25, -0.2) is 0 Å². The summed E-state index contributed by atoms with van der Waals surface area (Å²) < 4.78 is 0. The number of thioether (sulfide) groups is 1. The Hall–Kier alpha value is -2.08. The highest BCUT2D eigenvalue weighted by atomic mass is 32.2. The Bertz CT molecular complexity index is 712. The Kier molecular flexibility index (Phi) is 7.51. The average molecular weight is 385 g/mol. The van der Waals surface area contributed by atoms with E-state index < -0.39 is 0 Å². The molecule has 1 N–H and O–H groups in total. The van der Waals surface area contributed by atoms with Crippen molar-refractivity contribution in [2.75, 3.05) is 29.1 Å². The standard InChI is InChI=1S/C21H28N4OS/c1-2-3-7-17-8-10-18(11-9-17)22-20(26)16-27-21-13-12-19(23-24-21)25-14-5-4-6-15-25/h8-13H,2-7,14-16H2,1H3,(H,22,26). The highest BCUT2D eigenvalue weighted by Crippen LogP contribution is 2.20. The van der Waals surface area contributed by atoms with E-state index in [9.17, 15) is 4.79 Å². The molecule has 6 heteroatoms. The SMILES string of the molecule is CCCCc1ccc(NC(=O)CSc2ccc(N3CCCCC3)nn2)cc1. The topological polar surface area (TPSA) is 58.1 Å². The zero-order chi connectivity index (χ0) is 18.9. The lowest BCUT2D eigenvalue weighted by molar-refractivity contribution is -0.113. The maximum atomic E-state index is 12.2. The van der Waals surface area contributed by atoms with Crippen LogP contribution in [-0.4, -0.2) is 34.9 Å². The van der Waals surface area contributed by atoms with Crippen LogP contribution >= 0.6 is 11.8 Å². The zero-order valence-corrected chi connectivity index (χ0v) is 16.8. The number of nitrogens with one attached hydrogen (secondary N) is 1. The van der Waals surface area contributed by atoms with Crippen molar-refractivity contribution in [1.82, 2.24) is 10.2 Å². The van der Waals surface area contributed by atoms with Crippen molar-refractivity contribution in [3.8, 4) is 0 Å². The molecular formula is C21H28N4OS. The van der Waals surface area contributed by atoms with Crippen molar-refractivity contribution >= 4 is 29.2 Å². The molecule has 0 atom stereocenters. The summed E-state index contributed by atoms with van der Waals surface area (Å²) in [5.74, 6) is 1.24. The van der Waals surface area contributed by atoms with E-state index in [2.05, 4.69) is 39.5 Å². The summed E-state index contributed by atoms with van der Waals surface area (Å²) in [6.07, 6.45) is 7.22. The van der Waals surface area contributed by atoms with Gasteiger partial charge in [0.1, 0.15) is 5.03 Å². The molecule has 5 nitrogen and oxygen atoms in total. The van der Waals surface area contributed by atoms with Gasteiger partial charge in [-0.3, -0.25) is 4.79 Å². The number of rotatable bonds is 8. The van der Waals surface area contributed by atoms with Crippen LogP contribution in [0.25, 0.3) is 0 Å². The van der Waals surface area contributed by atoms with Crippen molar-refractivity contribution in [3.63, 3.8) is 0 Å². The summed E-state index contributed by atoms with van der Waals surface area (Å²) in [4.78, 5) is 14.4. The van der Waals surface area contributed by atoms with Gasteiger partial charge in [-0.15, -0.1) is 10.2 Å². The van der Waals surface area contributed by atoms with Crippen LogP contribution in [0, 0.1) is 0 Å².